The highest BCUT2D eigenvalue weighted by molar-refractivity contribution is 5.92. The molecule has 2 aliphatic heterocycles. The zero-order chi connectivity index (χ0) is 15.1. The fraction of sp³-hybridized carbons (Fsp3) is 0.412. The molecule has 2 aliphatic rings. The lowest BCUT2D eigenvalue weighted by molar-refractivity contribution is 0.0762. The molecular weight excluding hydrogens is 276 g/mol. The largest absolute Gasteiger partial charge is 0.341 e. The Kier molecular flexibility index (Phi) is 3.22. The van der Waals surface area contributed by atoms with Crippen LogP contribution in [0.2, 0.25) is 0 Å². The van der Waals surface area contributed by atoms with Gasteiger partial charge in [0.25, 0.3) is 5.91 Å². The van der Waals surface area contributed by atoms with Gasteiger partial charge in [0.15, 0.2) is 0 Å². The molecule has 0 saturated carbocycles. The van der Waals surface area contributed by atoms with E-state index in [1.165, 1.54) is 5.56 Å². The van der Waals surface area contributed by atoms with Gasteiger partial charge in [-0.05, 0) is 18.5 Å². The second-order valence-electron chi connectivity index (χ2n) is 6.39. The van der Waals surface area contributed by atoms with Crippen LogP contribution in [0, 0.1) is 11.8 Å². The molecule has 1 amide bonds. The minimum atomic E-state index is 0.0707. The van der Waals surface area contributed by atoms with Crippen LogP contribution in [0.25, 0.3) is 0 Å². The number of carbonyl (C=O) groups excluding carboxylic acids is 1. The molecule has 5 heteroatoms. The molecule has 0 bridgehead atoms. The van der Waals surface area contributed by atoms with Gasteiger partial charge in [-0.2, -0.15) is 0 Å². The smallest absolute Gasteiger partial charge is 0.271 e. The number of aromatic nitrogens is 2. The molecule has 4 rings (SSSR count). The summed E-state index contributed by atoms with van der Waals surface area (Å²) in [5.74, 6) is 1.14. The van der Waals surface area contributed by atoms with Crippen LogP contribution < -0.4 is 0 Å². The summed E-state index contributed by atoms with van der Waals surface area (Å²) < 4.78 is 0. The first-order valence-electron chi connectivity index (χ1n) is 7.77. The molecule has 114 valence electrons. The number of rotatable bonds is 2. The predicted molar refractivity (Wildman–Crippen MR) is 83.3 cm³/mol. The molecule has 0 radical (unpaired) electrons. The highest BCUT2D eigenvalue weighted by Gasteiger charge is 2.47. The lowest BCUT2D eigenvalue weighted by Gasteiger charge is -2.26. The van der Waals surface area contributed by atoms with Gasteiger partial charge in [0, 0.05) is 31.6 Å². The van der Waals surface area contributed by atoms with Crippen LogP contribution in [0.5, 0.6) is 0 Å². The zero-order valence-corrected chi connectivity index (χ0v) is 12.6. The average molecular weight is 296 g/mol. The van der Waals surface area contributed by atoms with Crippen LogP contribution in [0.3, 0.4) is 0 Å². The first-order valence-corrected chi connectivity index (χ1v) is 7.77. The van der Waals surface area contributed by atoms with Crippen LogP contribution in [0.15, 0.2) is 42.9 Å². The van der Waals surface area contributed by atoms with E-state index in [2.05, 4.69) is 52.2 Å². The monoisotopic (exact) mass is 296 g/mol. The summed E-state index contributed by atoms with van der Waals surface area (Å²) in [7, 11) is 2.19. The molecule has 1 aromatic carbocycles. The summed E-state index contributed by atoms with van der Waals surface area (Å²) in [6.45, 7) is 2.72. The van der Waals surface area contributed by atoms with Gasteiger partial charge in [-0.25, -0.2) is 4.98 Å². The van der Waals surface area contributed by atoms with Crippen molar-refractivity contribution in [2.45, 2.75) is 6.04 Å². The average Bonchev–Trinajstić information content (AvgIpc) is 3.22. The number of benzene rings is 1. The van der Waals surface area contributed by atoms with Gasteiger partial charge in [0.1, 0.15) is 5.69 Å². The number of H-pyrrole nitrogens is 1. The number of aromatic amines is 1. The Balaban J connectivity index is 1.55. The van der Waals surface area contributed by atoms with Crippen LogP contribution >= 0.6 is 0 Å². The fourth-order valence-corrected chi connectivity index (χ4v) is 4.12. The van der Waals surface area contributed by atoms with Gasteiger partial charge in [-0.15, -0.1) is 0 Å². The van der Waals surface area contributed by atoms with Crippen LogP contribution in [0.1, 0.15) is 22.1 Å². The van der Waals surface area contributed by atoms with Gasteiger partial charge in [-0.3, -0.25) is 9.69 Å². The number of likely N-dealkylation sites (tertiary alicyclic amines) is 2. The molecule has 2 aromatic rings. The van der Waals surface area contributed by atoms with E-state index in [9.17, 15) is 4.79 Å². The Bertz CT molecular complexity index is 655. The van der Waals surface area contributed by atoms with E-state index in [1.54, 1.807) is 12.5 Å². The standard InChI is InChI=1S/C17H20N4O/c1-20-8-13-9-21(17(22)15-7-18-11-19-15)10-14(13)16(20)12-5-3-2-4-6-12/h2-7,11,13-14,16H,8-10H2,1H3,(H,18,19)/t13-,14+,16-/m0/s1. The Labute approximate surface area is 130 Å². The minimum absolute atomic E-state index is 0.0707. The second-order valence-corrected chi connectivity index (χ2v) is 6.39. The quantitative estimate of drug-likeness (QED) is 0.919. The SMILES string of the molecule is CN1C[C@H]2CN(C(=O)c3cnc[nH]3)C[C@H]2[C@@H]1c1ccccc1. The number of nitrogens with zero attached hydrogens (tertiary/aromatic N) is 3. The number of carbonyl (C=O) groups is 1. The first-order chi connectivity index (χ1) is 10.7. The summed E-state index contributed by atoms with van der Waals surface area (Å²) >= 11 is 0. The van der Waals surface area contributed by atoms with Crippen molar-refractivity contribution in [3.05, 3.63) is 54.1 Å². The Morgan fingerprint density at radius 2 is 2.05 bits per heavy atom. The lowest BCUT2D eigenvalue weighted by atomic mass is 9.90. The highest BCUT2D eigenvalue weighted by Crippen LogP contribution is 2.44. The number of amides is 1. The summed E-state index contributed by atoms with van der Waals surface area (Å²) in [4.78, 5) is 23.8. The topological polar surface area (TPSA) is 52.2 Å². The van der Waals surface area contributed by atoms with Gasteiger partial charge < -0.3 is 9.88 Å². The molecule has 3 heterocycles. The van der Waals surface area contributed by atoms with Crippen molar-refractivity contribution >= 4 is 5.91 Å². The van der Waals surface area contributed by atoms with Crippen molar-refractivity contribution in [2.24, 2.45) is 11.8 Å². The molecule has 1 N–H and O–H groups in total. The molecule has 5 nitrogen and oxygen atoms in total. The van der Waals surface area contributed by atoms with Gasteiger partial charge in [0.05, 0.1) is 12.5 Å². The van der Waals surface area contributed by atoms with Crippen LogP contribution in [-0.2, 0) is 0 Å². The lowest BCUT2D eigenvalue weighted by Crippen LogP contribution is -2.33. The maximum absolute atomic E-state index is 12.5. The number of imidazole rings is 1. The molecule has 0 unspecified atom stereocenters. The van der Waals surface area contributed by atoms with Crippen molar-refractivity contribution in [3.63, 3.8) is 0 Å². The molecule has 3 atom stereocenters. The second kappa shape index (κ2) is 5.25. The van der Waals surface area contributed by atoms with E-state index in [4.69, 9.17) is 0 Å². The number of hydrogen-bond acceptors (Lipinski definition) is 3. The Hall–Kier alpha value is -2.14. The first kappa shape index (κ1) is 13.5. The van der Waals surface area contributed by atoms with E-state index in [0.29, 0.717) is 23.6 Å². The third-order valence-corrected chi connectivity index (χ3v) is 5.05. The highest BCUT2D eigenvalue weighted by atomic mass is 16.2. The van der Waals surface area contributed by atoms with Crippen molar-refractivity contribution in [1.29, 1.82) is 0 Å². The summed E-state index contributed by atoms with van der Waals surface area (Å²) in [6, 6.07) is 11.0. The third-order valence-electron chi connectivity index (χ3n) is 5.05. The zero-order valence-electron chi connectivity index (χ0n) is 12.6. The normalized spacial score (nSPS) is 28.0. The number of fused-ring (bicyclic) bond motifs is 1. The predicted octanol–water partition coefficient (Wildman–Crippen LogP) is 1.78. The maximum atomic E-state index is 12.5. The van der Waals surface area contributed by atoms with Crippen molar-refractivity contribution in [1.82, 2.24) is 19.8 Å². The maximum Gasteiger partial charge on any atom is 0.271 e. The molecule has 2 saturated heterocycles. The Morgan fingerprint density at radius 1 is 1.23 bits per heavy atom. The summed E-state index contributed by atoms with van der Waals surface area (Å²) in [5, 5.41) is 0. The van der Waals surface area contributed by atoms with Crippen LogP contribution in [-0.4, -0.2) is 52.4 Å². The number of hydrogen-bond donors (Lipinski definition) is 1. The van der Waals surface area contributed by atoms with E-state index >= 15 is 0 Å². The van der Waals surface area contributed by atoms with Gasteiger partial charge >= 0.3 is 0 Å². The molecule has 2 fully saturated rings. The molecule has 22 heavy (non-hydrogen) atoms. The summed E-state index contributed by atoms with van der Waals surface area (Å²) in [6.07, 6.45) is 3.17. The minimum Gasteiger partial charge on any atom is -0.341 e. The van der Waals surface area contributed by atoms with Crippen molar-refractivity contribution < 1.29 is 4.79 Å². The van der Waals surface area contributed by atoms with Crippen LogP contribution in [0.4, 0.5) is 0 Å². The van der Waals surface area contributed by atoms with Crippen molar-refractivity contribution in [3.8, 4) is 0 Å². The van der Waals surface area contributed by atoms with Crippen molar-refractivity contribution in [2.75, 3.05) is 26.7 Å². The molecule has 0 spiro atoms. The fourth-order valence-electron chi connectivity index (χ4n) is 4.12. The molecule has 1 aromatic heterocycles. The Morgan fingerprint density at radius 3 is 2.77 bits per heavy atom. The van der Waals surface area contributed by atoms with Gasteiger partial charge in [0.2, 0.25) is 0 Å². The van der Waals surface area contributed by atoms with E-state index in [-0.39, 0.29) is 5.91 Å². The van der Waals surface area contributed by atoms with Gasteiger partial charge in [-0.1, -0.05) is 30.3 Å². The van der Waals surface area contributed by atoms with E-state index < -0.39 is 0 Å². The molecular formula is C17H20N4O. The van der Waals surface area contributed by atoms with E-state index in [1.807, 2.05) is 4.90 Å². The summed E-state index contributed by atoms with van der Waals surface area (Å²) in [5.41, 5.74) is 1.94. The third kappa shape index (κ3) is 2.13. The number of nitrogens with one attached hydrogen (secondary N) is 1. The van der Waals surface area contributed by atoms with E-state index in [0.717, 1.165) is 19.6 Å². The molecule has 0 aliphatic carbocycles.